The van der Waals surface area contributed by atoms with E-state index < -0.39 is 0 Å². The summed E-state index contributed by atoms with van der Waals surface area (Å²) in [5.41, 5.74) is 2.12. The van der Waals surface area contributed by atoms with E-state index in [1.54, 1.807) is 12.1 Å². The zero-order valence-electron chi connectivity index (χ0n) is 13.5. The SMILES string of the molecule is C=C1CC[C@@H](CC(=O)Cc2cc(Cl)nc(Cl)c2)[C@@H]1C/C=C\CC. The highest BCUT2D eigenvalue weighted by atomic mass is 35.5. The summed E-state index contributed by atoms with van der Waals surface area (Å²) in [5.74, 6) is 1.07. The fourth-order valence-corrected chi connectivity index (χ4v) is 3.82. The van der Waals surface area contributed by atoms with Crippen LogP contribution in [0.4, 0.5) is 0 Å². The maximum absolute atomic E-state index is 12.4. The number of Topliss-reactive ketones (excluding diaryl/α,β-unsaturated/α-hetero) is 1. The van der Waals surface area contributed by atoms with E-state index in [0.29, 0.717) is 35.0 Å². The Balaban J connectivity index is 1.95. The van der Waals surface area contributed by atoms with Crippen LogP contribution < -0.4 is 0 Å². The predicted molar refractivity (Wildman–Crippen MR) is 97.0 cm³/mol. The molecule has 0 unspecified atom stereocenters. The van der Waals surface area contributed by atoms with Crippen molar-refractivity contribution in [2.45, 2.75) is 45.4 Å². The van der Waals surface area contributed by atoms with Gasteiger partial charge < -0.3 is 0 Å². The molecule has 124 valence electrons. The summed E-state index contributed by atoms with van der Waals surface area (Å²) in [6.07, 6.45) is 9.52. The molecule has 1 aromatic heterocycles. The molecule has 0 bridgehead atoms. The molecule has 0 spiro atoms. The molecule has 0 aromatic carbocycles. The van der Waals surface area contributed by atoms with Gasteiger partial charge in [0.1, 0.15) is 16.1 Å². The first-order valence-corrected chi connectivity index (χ1v) is 8.91. The van der Waals surface area contributed by atoms with Crippen molar-refractivity contribution in [3.8, 4) is 0 Å². The highest BCUT2D eigenvalue weighted by molar-refractivity contribution is 6.32. The standard InChI is InChI=1S/C19H23Cl2NO/c1-3-4-5-6-17-13(2)7-8-15(17)12-16(23)9-14-10-18(20)22-19(21)11-14/h4-5,10-11,15,17H,2-3,6-9,12H2,1H3/b5-4-/t15-,17+/m0/s1. The van der Waals surface area contributed by atoms with E-state index in [4.69, 9.17) is 23.2 Å². The summed E-state index contributed by atoms with van der Waals surface area (Å²) in [6.45, 7) is 6.32. The van der Waals surface area contributed by atoms with E-state index in [2.05, 4.69) is 30.6 Å². The van der Waals surface area contributed by atoms with Crippen molar-refractivity contribution in [3.05, 3.63) is 52.3 Å². The van der Waals surface area contributed by atoms with Gasteiger partial charge in [-0.15, -0.1) is 0 Å². The van der Waals surface area contributed by atoms with Crippen LogP contribution in [0.2, 0.25) is 10.3 Å². The Bertz CT molecular complexity index is 589. The summed E-state index contributed by atoms with van der Waals surface area (Å²) in [6, 6.07) is 3.42. The van der Waals surface area contributed by atoms with Gasteiger partial charge >= 0.3 is 0 Å². The molecule has 0 saturated heterocycles. The number of hydrogen-bond acceptors (Lipinski definition) is 2. The molecule has 0 radical (unpaired) electrons. The number of carbonyl (C=O) groups excluding carboxylic acids is 1. The average Bonchev–Trinajstić information content (AvgIpc) is 2.79. The smallest absolute Gasteiger partial charge is 0.137 e. The molecule has 1 saturated carbocycles. The largest absolute Gasteiger partial charge is 0.299 e. The Hall–Kier alpha value is -1.12. The van der Waals surface area contributed by atoms with E-state index in [-0.39, 0.29) is 5.78 Å². The number of hydrogen-bond donors (Lipinski definition) is 0. The van der Waals surface area contributed by atoms with E-state index >= 15 is 0 Å². The predicted octanol–water partition coefficient (Wildman–Crippen LogP) is 5.83. The number of pyridine rings is 1. The lowest BCUT2D eigenvalue weighted by Crippen LogP contribution is -2.15. The van der Waals surface area contributed by atoms with Crippen LogP contribution in [0.3, 0.4) is 0 Å². The number of halogens is 2. The fraction of sp³-hybridized carbons (Fsp3) is 0.474. The summed E-state index contributed by atoms with van der Waals surface area (Å²) in [4.78, 5) is 16.3. The molecule has 4 heteroatoms. The maximum Gasteiger partial charge on any atom is 0.137 e. The third-order valence-corrected chi connectivity index (χ3v) is 4.82. The first-order chi connectivity index (χ1) is 11.0. The molecule has 0 amide bonds. The quantitative estimate of drug-likeness (QED) is 0.456. The number of ketones is 1. The normalized spacial score (nSPS) is 21.3. The second-order valence-electron chi connectivity index (χ2n) is 6.22. The van der Waals surface area contributed by atoms with Gasteiger partial charge in [0.15, 0.2) is 0 Å². The van der Waals surface area contributed by atoms with Crippen LogP contribution in [0.15, 0.2) is 36.4 Å². The Morgan fingerprint density at radius 1 is 1.35 bits per heavy atom. The zero-order chi connectivity index (χ0) is 16.8. The van der Waals surface area contributed by atoms with Crippen molar-refractivity contribution >= 4 is 29.0 Å². The molecule has 23 heavy (non-hydrogen) atoms. The van der Waals surface area contributed by atoms with E-state index in [1.807, 2.05) is 0 Å². The Labute approximate surface area is 148 Å². The lowest BCUT2D eigenvalue weighted by atomic mass is 9.86. The molecule has 2 atom stereocenters. The number of allylic oxidation sites excluding steroid dienone is 3. The second kappa shape index (κ2) is 8.65. The number of aromatic nitrogens is 1. The summed E-state index contributed by atoms with van der Waals surface area (Å²) in [7, 11) is 0. The maximum atomic E-state index is 12.4. The molecule has 2 nitrogen and oxygen atoms in total. The number of carbonyl (C=O) groups is 1. The molecule has 1 fully saturated rings. The van der Waals surface area contributed by atoms with Crippen LogP contribution in [0.25, 0.3) is 0 Å². The van der Waals surface area contributed by atoms with Gasteiger partial charge in [-0.3, -0.25) is 4.79 Å². The van der Waals surface area contributed by atoms with Crippen LogP contribution in [-0.2, 0) is 11.2 Å². The van der Waals surface area contributed by atoms with E-state index in [9.17, 15) is 4.79 Å². The van der Waals surface area contributed by atoms with Crippen molar-refractivity contribution in [2.75, 3.05) is 0 Å². The Morgan fingerprint density at radius 2 is 2.04 bits per heavy atom. The topological polar surface area (TPSA) is 30.0 Å². The molecule has 1 aromatic rings. The minimum absolute atomic E-state index is 0.229. The van der Waals surface area contributed by atoms with Gasteiger partial charge in [0.2, 0.25) is 0 Å². The molecule has 1 heterocycles. The zero-order valence-corrected chi connectivity index (χ0v) is 15.0. The Morgan fingerprint density at radius 3 is 2.70 bits per heavy atom. The minimum atomic E-state index is 0.229. The number of rotatable bonds is 7. The third kappa shape index (κ3) is 5.47. The molecular weight excluding hydrogens is 329 g/mol. The molecule has 0 N–H and O–H groups in total. The lowest BCUT2D eigenvalue weighted by molar-refractivity contribution is -0.119. The minimum Gasteiger partial charge on any atom is -0.299 e. The highest BCUT2D eigenvalue weighted by Crippen LogP contribution is 2.40. The van der Waals surface area contributed by atoms with Crippen LogP contribution >= 0.6 is 23.2 Å². The van der Waals surface area contributed by atoms with Crippen LogP contribution in [0, 0.1) is 11.8 Å². The van der Waals surface area contributed by atoms with Gasteiger partial charge in [0.05, 0.1) is 0 Å². The molecular formula is C19H23Cl2NO. The summed E-state index contributed by atoms with van der Waals surface area (Å²) < 4.78 is 0. The highest BCUT2D eigenvalue weighted by Gasteiger charge is 2.30. The fourth-order valence-electron chi connectivity index (χ4n) is 3.31. The van der Waals surface area contributed by atoms with Crippen molar-refractivity contribution in [3.63, 3.8) is 0 Å². The molecule has 2 rings (SSSR count). The van der Waals surface area contributed by atoms with Gasteiger partial charge in [0.25, 0.3) is 0 Å². The van der Waals surface area contributed by atoms with E-state index in [0.717, 1.165) is 31.2 Å². The van der Waals surface area contributed by atoms with Gasteiger partial charge in [0, 0.05) is 12.8 Å². The molecule has 1 aliphatic rings. The van der Waals surface area contributed by atoms with Gasteiger partial charge in [-0.25, -0.2) is 4.98 Å². The van der Waals surface area contributed by atoms with Crippen LogP contribution in [-0.4, -0.2) is 10.8 Å². The van der Waals surface area contributed by atoms with Crippen molar-refractivity contribution < 1.29 is 4.79 Å². The average molecular weight is 352 g/mol. The van der Waals surface area contributed by atoms with E-state index in [1.165, 1.54) is 5.57 Å². The molecule has 1 aliphatic carbocycles. The lowest BCUT2D eigenvalue weighted by Gasteiger charge is -2.18. The van der Waals surface area contributed by atoms with Crippen LogP contribution in [0.1, 0.15) is 44.6 Å². The second-order valence-corrected chi connectivity index (χ2v) is 6.99. The van der Waals surface area contributed by atoms with Crippen LogP contribution in [0.5, 0.6) is 0 Å². The first-order valence-electron chi connectivity index (χ1n) is 8.16. The summed E-state index contributed by atoms with van der Waals surface area (Å²) in [5, 5.41) is 0.661. The molecule has 0 aliphatic heterocycles. The monoisotopic (exact) mass is 351 g/mol. The summed E-state index contributed by atoms with van der Waals surface area (Å²) >= 11 is 11.8. The van der Waals surface area contributed by atoms with Gasteiger partial charge in [-0.2, -0.15) is 0 Å². The van der Waals surface area contributed by atoms with Crippen molar-refractivity contribution in [1.29, 1.82) is 0 Å². The van der Waals surface area contributed by atoms with Crippen molar-refractivity contribution in [2.24, 2.45) is 11.8 Å². The van der Waals surface area contributed by atoms with Gasteiger partial charge in [-0.1, -0.05) is 54.4 Å². The van der Waals surface area contributed by atoms with Crippen molar-refractivity contribution in [1.82, 2.24) is 4.98 Å². The third-order valence-electron chi connectivity index (χ3n) is 4.44. The first kappa shape index (κ1) is 18.2. The number of nitrogens with zero attached hydrogens (tertiary/aromatic N) is 1. The van der Waals surface area contributed by atoms with Gasteiger partial charge in [-0.05, 0) is 55.2 Å². The Kier molecular flexibility index (Phi) is 6.86.